The van der Waals surface area contributed by atoms with Gasteiger partial charge in [-0.25, -0.2) is 4.98 Å². The lowest BCUT2D eigenvalue weighted by Crippen LogP contribution is -2.47. The van der Waals surface area contributed by atoms with Crippen molar-refractivity contribution >= 4 is 5.91 Å². The number of nitrogens with one attached hydrogen (secondary N) is 3. The van der Waals surface area contributed by atoms with Crippen LogP contribution in [0.5, 0.6) is 0 Å². The number of hydrogen-bond acceptors (Lipinski definition) is 4. The van der Waals surface area contributed by atoms with Gasteiger partial charge in [-0.15, -0.1) is 0 Å². The fourth-order valence-electron chi connectivity index (χ4n) is 1.93. The maximum Gasteiger partial charge on any atom is 0.237 e. The maximum absolute atomic E-state index is 11.8. The van der Waals surface area contributed by atoms with Crippen molar-refractivity contribution in [2.75, 3.05) is 13.2 Å². The molecule has 1 aliphatic rings. The van der Waals surface area contributed by atoms with Crippen molar-refractivity contribution in [1.29, 1.82) is 0 Å². The highest BCUT2D eigenvalue weighted by molar-refractivity contribution is 5.82. The summed E-state index contributed by atoms with van der Waals surface area (Å²) in [5.74, 6) is 0.0107. The molecule has 6 heteroatoms. The number of hydrogen-bond donors (Lipinski definition) is 4. The Morgan fingerprint density at radius 1 is 1.59 bits per heavy atom. The Kier molecular flexibility index (Phi) is 4.11. The van der Waals surface area contributed by atoms with E-state index in [0.29, 0.717) is 19.5 Å². The molecule has 0 aromatic carbocycles. The lowest BCUT2D eigenvalue weighted by molar-refractivity contribution is -0.123. The first-order valence-corrected chi connectivity index (χ1v) is 5.94. The molecule has 0 saturated carbocycles. The van der Waals surface area contributed by atoms with E-state index >= 15 is 0 Å². The van der Waals surface area contributed by atoms with Crippen LogP contribution in [0.15, 0.2) is 6.33 Å². The molecule has 1 atom stereocenters. The summed E-state index contributed by atoms with van der Waals surface area (Å²) in [5, 5.41) is 14.7. The molecule has 1 aromatic rings. The Hall–Kier alpha value is -1.40. The van der Waals surface area contributed by atoms with E-state index in [1.165, 1.54) is 0 Å². The highest BCUT2D eigenvalue weighted by Gasteiger charge is 2.25. The van der Waals surface area contributed by atoms with Crippen molar-refractivity contribution in [3.05, 3.63) is 17.7 Å². The number of aliphatic hydroxyl groups excluding tert-OH is 1. The van der Waals surface area contributed by atoms with Gasteiger partial charge in [-0.3, -0.25) is 10.1 Å². The smallest absolute Gasteiger partial charge is 0.237 e. The summed E-state index contributed by atoms with van der Waals surface area (Å²) in [5.41, 5.74) is 2.04. The minimum Gasteiger partial charge on any atom is -0.396 e. The summed E-state index contributed by atoms with van der Waals surface area (Å²) in [7, 11) is 0. The van der Waals surface area contributed by atoms with Crippen LogP contribution in [0, 0.1) is 0 Å². The van der Waals surface area contributed by atoms with Gasteiger partial charge >= 0.3 is 0 Å². The SMILES string of the molecule is O=C(NCCCCO)C1Cc2nc[nH]c2CN1. The van der Waals surface area contributed by atoms with E-state index in [-0.39, 0.29) is 18.6 Å². The number of unbranched alkanes of at least 4 members (excludes halogenated alkanes) is 1. The van der Waals surface area contributed by atoms with Crippen LogP contribution >= 0.6 is 0 Å². The Balaban J connectivity index is 1.78. The molecular weight excluding hydrogens is 220 g/mol. The molecule has 17 heavy (non-hydrogen) atoms. The lowest BCUT2D eigenvalue weighted by Gasteiger charge is -2.22. The summed E-state index contributed by atoms with van der Waals surface area (Å²) < 4.78 is 0. The number of rotatable bonds is 5. The van der Waals surface area contributed by atoms with Crippen molar-refractivity contribution in [2.45, 2.75) is 31.8 Å². The number of aliphatic hydroxyl groups is 1. The van der Waals surface area contributed by atoms with Crippen molar-refractivity contribution in [3.8, 4) is 0 Å². The second-order valence-corrected chi connectivity index (χ2v) is 4.19. The molecule has 2 heterocycles. The van der Waals surface area contributed by atoms with Gasteiger partial charge in [0, 0.05) is 26.1 Å². The molecular formula is C11H18N4O2. The van der Waals surface area contributed by atoms with Crippen molar-refractivity contribution < 1.29 is 9.90 Å². The molecule has 0 radical (unpaired) electrons. The van der Waals surface area contributed by atoms with Gasteiger partial charge < -0.3 is 15.4 Å². The van der Waals surface area contributed by atoms with Crippen molar-refractivity contribution in [1.82, 2.24) is 20.6 Å². The van der Waals surface area contributed by atoms with Gasteiger partial charge in [0.1, 0.15) is 0 Å². The van der Waals surface area contributed by atoms with E-state index in [1.54, 1.807) is 6.33 Å². The summed E-state index contributed by atoms with van der Waals surface area (Å²) >= 11 is 0. The molecule has 0 bridgehead atoms. The van der Waals surface area contributed by atoms with Gasteiger partial charge in [0.05, 0.1) is 23.8 Å². The number of amides is 1. The van der Waals surface area contributed by atoms with Gasteiger partial charge in [0.15, 0.2) is 0 Å². The number of imidazole rings is 1. The number of nitrogens with zero attached hydrogens (tertiary/aromatic N) is 1. The monoisotopic (exact) mass is 238 g/mol. The van der Waals surface area contributed by atoms with Crippen LogP contribution in [0.3, 0.4) is 0 Å². The zero-order chi connectivity index (χ0) is 12.1. The van der Waals surface area contributed by atoms with E-state index in [0.717, 1.165) is 24.2 Å². The van der Waals surface area contributed by atoms with Gasteiger partial charge in [-0.05, 0) is 12.8 Å². The number of carbonyl (C=O) groups is 1. The van der Waals surface area contributed by atoms with Crippen LogP contribution in [0.25, 0.3) is 0 Å². The van der Waals surface area contributed by atoms with E-state index in [1.807, 2.05) is 0 Å². The first-order valence-electron chi connectivity index (χ1n) is 5.94. The number of aromatic amines is 1. The van der Waals surface area contributed by atoms with Crippen LogP contribution in [0.1, 0.15) is 24.2 Å². The molecule has 1 aliphatic heterocycles. The fraction of sp³-hybridized carbons (Fsp3) is 0.636. The zero-order valence-electron chi connectivity index (χ0n) is 9.70. The minimum absolute atomic E-state index is 0.0107. The quantitative estimate of drug-likeness (QED) is 0.511. The molecule has 0 aliphatic carbocycles. The number of fused-ring (bicyclic) bond motifs is 1. The van der Waals surface area contributed by atoms with Crippen molar-refractivity contribution in [3.63, 3.8) is 0 Å². The normalized spacial score (nSPS) is 18.8. The lowest BCUT2D eigenvalue weighted by atomic mass is 10.0. The summed E-state index contributed by atoms with van der Waals surface area (Å²) in [4.78, 5) is 19.1. The Bertz CT molecular complexity index is 377. The summed E-state index contributed by atoms with van der Waals surface area (Å²) in [6, 6.07) is -0.195. The first-order chi connectivity index (χ1) is 8.31. The minimum atomic E-state index is -0.195. The number of carbonyl (C=O) groups excluding carboxylic acids is 1. The highest BCUT2D eigenvalue weighted by Crippen LogP contribution is 2.11. The zero-order valence-corrected chi connectivity index (χ0v) is 9.70. The molecule has 94 valence electrons. The van der Waals surface area contributed by atoms with E-state index in [2.05, 4.69) is 20.6 Å². The third-order valence-electron chi connectivity index (χ3n) is 2.93. The van der Waals surface area contributed by atoms with Gasteiger partial charge in [-0.2, -0.15) is 0 Å². The third kappa shape index (κ3) is 3.04. The predicted octanol–water partition coefficient (Wildman–Crippen LogP) is -0.687. The Morgan fingerprint density at radius 3 is 3.29 bits per heavy atom. The molecule has 4 N–H and O–H groups in total. The Morgan fingerprint density at radius 2 is 2.47 bits per heavy atom. The Labute approximate surface area is 99.8 Å². The largest absolute Gasteiger partial charge is 0.396 e. The van der Waals surface area contributed by atoms with Crippen LogP contribution < -0.4 is 10.6 Å². The number of aromatic nitrogens is 2. The maximum atomic E-state index is 11.8. The number of H-pyrrole nitrogens is 1. The second-order valence-electron chi connectivity index (χ2n) is 4.19. The topological polar surface area (TPSA) is 90.0 Å². The molecule has 1 unspecified atom stereocenters. The van der Waals surface area contributed by atoms with E-state index in [9.17, 15) is 4.79 Å². The molecule has 0 spiro atoms. The van der Waals surface area contributed by atoms with Crippen LogP contribution in [0.2, 0.25) is 0 Å². The molecule has 0 saturated heterocycles. The van der Waals surface area contributed by atoms with Crippen LogP contribution in [0.4, 0.5) is 0 Å². The van der Waals surface area contributed by atoms with Gasteiger partial charge in [0.25, 0.3) is 0 Å². The van der Waals surface area contributed by atoms with Crippen LogP contribution in [-0.2, 0) is 17.8 Å². The average molecular weight is 238 g/mol. The molecule has 6 nitrogen and oxygen atoms in total. The average Bonchev–Trinajstić information content (AvgIpc) is 2.81. The van der Waals surface area contributed by atoms with E-state index < -0.39 is 0 Å². The molecule has 0 fully saturated rings. The first kappa shape index (κ1) is 12.1. The molecule has 2 rings (SSSR count). The standard InChI is InChI=1S/C11H18N4O2/c16-4-2-1-3-12-11(17)9-5-8-10(6-13-9)15-7-14-8/h7,9,13,16H,1-6H2,(H,12,17)(H,14,15). The third-order valence-corrected chi connectivity index (χ3v) is 2.93. The molecule has 1 amide bonds. The fourth-order valence-corrected chi connectivity index (χ4v) is 1.93. The van der Waals surface area contributed by atoms with Crippen LogP contribution in [-0.4, -0.2) is 40.2 Å². The second kappa shape index (κ2) is 5.79. The molecule has 1 aromatic heterocycles. The summed E-state index contributed by atoms with van der Waals surface area (Å²) in [6.45, 7) is 1.45. The summed E-state index contributed by atoms with van der Waals surface area (Å²) in [6.07, 6.45) is 3.82. The predicted molar refractivity (Wildman–Crippen MR) is 62.2 cm³/mol. The highest BCUT2D eigenvalue weighted by atomic mass is 16.2. The van der Waals surface area contributed by atoms with Crippen molar-refractivity contribution in [2.24, 2.45) is 0 Å². The van der Waals surface area contributed by atoms with Gasteiger partial charge in [0.2, 0.25) is 5.91 Å². The van der Waals surface area contributed by atoms with E-state index in [4.69, 9.17) is 5.11 Å². The van der Waals surface area contributed by atoms with Gasteiger partial charge in [-0.1, -0.05) is 0 Å².